The third kappa shape index (κ3) is 5.59. The fraction of sp³-hybridized carbons (Fsp3) is 1.00. The molecule has 0 aliphatic carbocycles. The van der Waals surface area contributed by atoms with E-state index in [1.54, 1.807) is 0 Å². The van der Waals surface area contributed by atoms with Crippen LogP contribution in [0.25, 0.3) is 0 Å². The number of rotatable bonds is 7. The van der Waals surface area contributed by atoms with Gasteiger partial charge in [0.1, 0.15) is 0 Å². The van der Waals surface area contributed by atoms with E-state index in [4.69, 9.17) is 0 Å². The van der Waals surface area contributed by atoms with Crippen LogP contribution in [0.2, 0.25) is 0 Å². The summed E-state index contributed by atoms with van der Waals surface area (Å²) >= 11 is 0. The van der Waals surface area contributed by atoms with Crippen molar-refractivity contribution in [3.63, 3.8) is 0 Å². The Hall–Kier alpha value is -0.0400. The molecule has 0 heterocycles. The van der Waals surface area contributed by atoms with Crippen molar-refractivity contribution >= 4 is 0 Å². The molecule has 0 aliphatic rings. The van der Waals surface area contributed by atoms with Gasteiger partial charge in [-0.25, -0.2) is 0 Å². The van der Waals surface area contributed by atoms with Gasteiger partial charge in [-0.3, -0.25) is 0 Å². The number of unbranched alkanes of at least 4 members (excludes halogenated alkanes) is 2. The van der Waals surface area contributed by atoms with E-state index < -0.39 is 0 Å². The molecule has 74 valence electrons. The third-order valence-electron chi connectivity index (χ3n) is 2.55. The molecule has 1 unspecified atom stereocenters. The molecule has 1 atom stereocenters. The van der Waals surface area contributed by atoms with Crippen LogP contribution >= 0.6 is 0 Å². The lowest BCUT2D eigenvalue weighted by Crippen LogP contribution is -2.29. The Kier molecular flexibility index (Phi) is 7.58. The van der Waals surface area contributed by atoms with Crippen LogP contribution in [0.3, 0.4) is 0 Å². The molecule has 0 radical (unpaired) electrons. The van der Waals surface area contributed by atoms with Gasteiger partial charge in [-0.15, -0.1) is 0 Å². The van der Waals surface area contributed by atoms with E-state index in [0.717, 1.165) is 6.04 Å². The Labute approximate surface area is 78.1 Å². The average Bonchev–Trinajstić information content (AvgIpc) is 2.05. The summed E-state index contributed by atoms with van der Waals surface area (Å²) in [5, 5.41) is 0. The van der Waals surface area contributed by atoms with Crippen molar-refractivity contribution < 1.29 is 0 Å². The maximum atomic E-state index is 2.47. The van der Waals surface area contributed by atoms with Crippen molar-refractivity contribution in [1.82, 2.24) is 4.90 Å². The zero-order valence-corrected chi connectivity index (χ0v) is 9.27. The zero-order valence-electron chi connectivity index (χ0n) is 9.27. The molecular weight excluding hydrogens is 146 g/mol. The summed E-state index contributed by atoms with van der Waals surface area (Å²) < 4.78 is 0. The van der Waals surface area contributed by atoms with Crippen LogP contribution in [0.1, 0.15) is 52.9 Å². The molecule has 12 heavy (non-hydrogen) atoms. The fourth-order valence-corrected chi connectivity index (χ4v) is 1.48. The molecule has 0 amide bonds. The van der Waals surface area contributed by atoms with Crippen LogP contribution in [-0.4, -0.2) is 24.5 Å². The van der Waals surface area contributed by atoms with E-state index in [2.05, 4.69) is 32.7 Å². The first-order chi connectivity index (χ1) is 5.72. The maximum absolute atomic E-state index is 2.47. The van der Waals surface area contributed by atoms with Crippen LogP contribution in [0.4, 0.5) is 0 Å². The smallest absolute Gasteiger partial charge is 0.00638 e. The SMILES string of the molecule is CCCCCC(C)N(C)CCC. The average molecular weight is 171 g/mol. The van der Waals surface area contributed by atoms with E-state index in [1.165, 1.54) is 38.6 Å². The Balaban J connectivity index is 3.35. The van der Waals surface area contributed by atoms with Crippen molar-refractivity contribution in [3.05, 3.63) is 0 Å². The van der Waals surface area contributed by atoms with Crippen LogP contribution < -0.4 is 0 Å². The molecule has 0 aromatic carbocycles. The Morgan fingerprint density at radius 3 is 2.25 bits per heavy atom. The molecule has 1 heteroatoms. The summed E-state index contributed by atoms with van der Waals surface area (Å²) in [6.07, 6.45) is 6.76. The first kappa shape index (κ1) is 12.0. The van der Waals surface area contributed by atoms with Crippen LogP contribution in [0, 0.1) is 0 Å². The topological polar surface area (TPSA) is 3.24 Å². The second-order valence-electron chi connectivity index (χ2n) is 3.83. The quantitative estimate of drug-likeness (QED) is 0.531. The van der Waals surface area contributed by atoms with E-state index in [1.807, 2.05) is 0 Å². The lowest BCUT2D eigenvalue weighted by Gasteiger charge is -2.23. The number of hydrogen-bond acceptors (Lipinski definition) is 1. The van der Waals surface area contributed by atoms with E-state index in [-0.39, 0.29) is 0 Å². The van der Waals surface area contributed by atoms with Gasteiger partial charge >= 0.3 is 0 Å². The van der Waals surface area contributed by atoms with Crippen molar-refractivity contribution in [1.29, 1.82) is 0 Å². The highest BCUT2D eigenvalue weighted by Gasteiger charge is 2.06. The van der Waals surface area contributed by atoms with Crippen LogP contribution in [0.5, 0.6) is 0 Å². The molecule has 0 saturated heterocycles. The van der Waals surface area contributed by atoms with Gasteiger partial charge in [-0.05, 0) is 33.4 Å². The molecule has 0 bridgehead atoms. The normalized spacial score (nSPS) is 13.8. The van der Waals surface area contributed by atoms with Crippen molar-refractivity contribution in [2.75, 3.05) is 13.6 Å². The van der Waals surface area contributed by atoms with Crippen molar-refractivity contribution in [3.8, 4) is 0 Å². The molecule has 0 spiro atoms. The van der Waals surface area contributed by atoms with Gasteiger partial charge in [-0.2, -0.15) is 0 Å². The van der Waals surface area contributed by atoms with E-state index in [0.29, 0.717) is 0 Å². The summed E-state index contributed by atoms with van der Waals surface area (Å²) in [7, 11) is 2.24. The molecule has 0 rings (SSSR count). The first-order valence-electron chi connectivity index (χ1n) is 5.42. The van der Waals surface area contributed by atoms with Crippen molar-refractivity contribution in [2.24, 2.45) is 0 Å². The highest BCUT2D eigenvalue weighted by molar-refractivity contribution is 4.62. The molecule has 0 aromatic heterocycles. The summed E-state index contributed by atoms with van der Waals surface area (Å²) in [4.78, 5) is 2.47. The monoisotopic (exact) mass is 171 g/mol. The lowest BCUT2D eigenvalue weighted by molar-refractivity contribution is 0.242. The molecule has 1 nitrogen and oxygen atoms in total. The minimum atomic E-state index is 0.775. The van der Waals surface area contributed by atoms with Gasteiger partial charge in [0.15, 0.2) is 0 Å². The maximum Gasteiger partial charge on any atom is 0.00638 e. The summed E-state index contributed by atoms with van der Waals surface area (Å²) in [5.74, 6) is 0. The molecule has 0 saturated carbocycles. The van der Waals surface area contributed by atoms with Gasteiger partial charge < -0.3 is 4.90 Å². The zero-order chi connectivity index (χ0) is 9.40. The Bertz CT molecular complexity index is 91.0. The molecule has 0 aromatic rings. The first-order valence-corrected chi connectivity index (χ1v) is 5.42. The highest BCUT2D eigenvalue weighted by Crippen LogP contribution is 2.07. The van der Waals surface area contributed by atoms with Crippen LogP contribution in [-0.2, 0) is 0 Å². The van der Waals surface area contributed by atoms with Gasteiger partial charge in [-0.1, -0.05) is 33.1 Å². The summed E-state index contributed by atoms with van der Waals surface area (Å²) in [6, 6.07) is 0.775. The van der Waals surface area contributed by atoms with Gasteiger partial charge in [0.25, 0.3) is 0 Å². The van der Waals surface area contributed by atoms with Gasteiger partial charge in [0.05, 0.1) is 0 Å². The predicted molar refractivity (Wildman–Crippen MR) is 56.5 cm³/mol. The lowest BCUT2D eigenvalue weighted by atomic mass is 10.1. The Morgan fingerprint density at radius 2 is 1.75 bits per heavy atom. The standard InChI is InChI=1S/C11H25N/c1-5-7-8-9-11(3)12(4)10-6-2/h11H,5-10H2,1-4H3. The predicted octanol–water partition coefficient (Wildman–Crippen LogP) is 3.30. The minimum absolute atomic E-state index is 0.775. The summed E-state index contributed by atoms with van der Waals surface area (Å²) in [6.45, 7) is 8.09. The largest absolute Gasteiger partial charge is 0.304 e. The van der Waals surface area contributed by atoms with Crippen LogP contribution in [0.15, 0.2) is 0 Å². The minimum Gasteiger partial charge on any atom is -0.304 e. The number of nitrogens with zero attached hydrogens (tertiary/aromatic N) is 1. The van der Waals surface area contributed by atoms with Gasteiger partial charge in [0.2, 0.25) is 0 Å². The van der Waals surface area contributed by atoms with E-state index >= 15 is 0 Å². The third-order valence-corrected chi connectivity index (χ3v) is 2.55. The number of hydrogen-bond donors (Lipinski definition) is 0. The van der Waals surface area contributed by atoms with Gasteiger partial charge in [0, 0.05) is 6.04 Å². The molecule has 0 aliphatic heterocycles. The van der Waals surface area contributed by atoms with Crippen molar-refractivity contribution in [2.45, 2.75) is 58.9 Å². The Morgan fingerprint density at radius 1 is 1.08 bits per heavy atom. The molecule has 0 N–H and O–H groups in total. The summed E-state index contributed by atoms with van der Waals surface area (Å²) in [5.41, 5.74) is 0. The molecule has 0 fully saturated rings. The second kappa shape index (κ2) is 7.60. The fourth-order valence-electron chi connectivity index (χ4n) is 1.48. The highest BCUT2D eigenvalue weighted by atomic mass is 15.1. The molecular formula is C11H25N. The van der Waals surface area contributed by atoms with E-state index in [9.17, 15) is 0 Å². The second-order valence-corrected chi connectivity index (χ2v) is 3.83.